The lowest BCUT2D eigenvalue weighted by Gasteiger charge is -2.32. The first-order valence-electron chi connectivity index (χ1n) is 7.69. The molecule has 0 bridgehead atoms. The number of halogens is 1. The number of nitrogens with zero attached hydrogens (tertiary/aromatic N) is 4. The van der Waals surface area contributed by atoms with Crippen LogP contribution in [0.3, 0.4) is 0 Å². The van der Waals surface area contributed by atoms with E-state index >= 15 is 0 Å². The quantitative estimate of drug-likeness (QED) is 0.665. The van der Waals surface area contributed by atoms with Crippen LogP contribution in [0.2, 0.25) is 0 Å². The van der Waals surface area contributed by atoms with Gasteiger partial charge in [-0.2, -0.15) is 15.5 Å². The van der Waals surface area contributed by atoms with Gasteiger partial charge in [-0.3, -0.25) is 9.21 Å². The number of aldehydes is 1. The van der Waals surface area contributed by atoms with Crippen LogP contribution in [0.5, 0.6) is 0 Å². The molecular formula is C18H16ClN5O. The molecule has 25 heavy (non-hydrogen) atoms. The summed E-state index contributed by atoms with van der Waals surface area (Å²) in [6.07, 6.45) is 7.37. The zero-order valence-corrected chi connectivity index (χ0v) is 14.5. The minimum Gasteiger partial charge on any atom is -0.298 e. The van der Waals surface area contributed by atoms with E-state index in [0.29, 0.717) is 16.8 Å². The SMILES string of the molecule is Cc1c(C#N)cccc1[C@@H](C)NN1N=CC(C=O)=C2C=CN(Cl)C=C21. The van der Waals surface area contributed by atoms with Crippen molar-refractivity contribution in [1.82, 2.24) is 15.0 Å². The summed E-state index contributed by atoms with van der Waals surface area (Å²) in [5, 5.41) is 15.1. The first-order valence-corrected chi connectivity index (χ1v) is 8.02. The molecule has 126 valence electrons. The average Bonchev–Trinajstić information content (AvgIpc) is 2.62. The maximum absolute atomic E-state index is 11.2. The summed E-state index contributed by atoms with van der Waals surface area (Å²) in [5.41, 5.74) is 7.74. The highest BCUT2D eigenvalue weighted by Crippen LogP contribution is 2.29. The van der Waals surface area contributed by atoms with Gasteiger partial charge in [-0.05, 0) is 37.1 Å². The lowest BCUT2D eigenvalue weighted by molar-refractivity contribution is -0.104. The van der Waals surface area contributed by atoms with Crippen molar-refractivity contribution in [1.29, 1.82) is 5.26 Å². The smallest absolute Gasteiger partial charge is 0.152 e. The zero-order valence-electron chi connectivity index (χ0n) is 13.8. The highest BCUT2D eigenvalue weighted by molar-refractivity contribution is 6.15. The molecule has 1 aromatic carbocycles. The molecule has 1 N–H and O–H groups in total. The number of hydrazine groups is 1. The van der Waals surface area contributed by atoms with Gasteiger partial charge in [0.05, 0.1) is 23.9 Å². The molecular weight excluding hydrogens is 338 g/mol. The van der Waals surface area contributed by atoms with Crippen LogP contribution >= 0.6 is 11.8 Å². The van der Waals surface area contributed by atoms with Crippen molar-refractivity contribution in [2.24, 2.45) is 5.10 Å². The standard InChI is InChI=1S/C18H16ClN5O/c1-12-14(8-20)4-3-5-16(12)13(2)22-24-18-10-23(19)7-6-17(18)15(11-25)9-21-24/h3-7,9-11,13,22H,1-2H3/t13-/m1/s1. The third-order valence-electron chi connectivity index (χ3n) is 4.16. The van der Waals surface area contributed by atoms with Crippen LogP contribution in [-0.2, 0) is 4.79 Å². The Bertz CT molecular complexity index is 878. The highest BCUT2D eigenvalue weighted by Gasteiger charge is 2.24. The third kappa shape index (κ3) is 3.20. The predicted octanol–water partition coefficient (Wildman–Crippen LogP) is 3.05. The fourth-order valence-electron chi connectivity index (χ4n) is 2.82. The van der Waals surface area contributed by atoms with Crippen molar-refractivity contribution >= 4 is 24.3 Å². The normalized spacial score (nSPS) is 17.1. The minimum absolute atomic E-state index is 0.111. The molecule has 1 aromatic rings. The lowest BCUT2D eigenvalue weighted by atomic mass is 9.98. The Balaban J connectivity index is 1.89. The van der Waals surface area contributed by atoms with E-state index in [1.165, 1.54) is 10.6 Å². The summed E-state index contributed by atoms with van der Waals surface area (Å²) in [6, 6.07) is 7.71. The molecule has 0 saturated heterocycles. The number of nitrogens with one attached hydrogen (secondary N) is 1. The molecule has 1 atom stereocenters. The lowest BCUT2D eigenvalue weighted by Crippen LogP contribution is -2.38. The topological polar surface area (TPSA) is 71.7 Å². The molecule has 6 nitrogen and oxygen atoms in total. The van der Waals surface area contributed by atoms with E-state index in [-0.39, 0.29) is 6.04 Å². The highest BCUT2D eigenvalue weighted by atomic mass is 35.5. The zero-order chi connectivity index (χ0) is 18.0. The number of benzene rings is 1. The summed E-state index contributed by atoms with van der Waals surface area (Å²) in [5.74, 6) is 0. The van der Waals surface area contributed by atoms with E-state index in [0.717, 1.165) is 23.0 Å². The van der Waals surface area contributed by atoms with E-state index < -0.39 is 0 Å². The number of fused-ring (bicyclic) bond motifs is 1. The number of nitriles is 1. The molecule has 0 fully saturated rings. The Hall–Kier alpha value is -2.88. The second-order valence-corrected chi connectivity index (χ2v) is 6.09. The van der Waals surface area contributed by atoms with Crippen LogP contribution in [0, 0.1) is 18.3 Å². The number of hydrazone groups is 1. The van der Waals surface area contributed by atoms with Gasteiger partial charge < -0.3 is 0 Å². The Morgan fingerprint density at radius 1 is 1.44 bits per heavy atom. The van der Waals surface area contributed by atoms with Gasteiger partial charge in [0.15, 0.2) is 6.29 Å². The van der Waals surface area contributed by atoms with Crippen LogP contribution in [-0.4, -0.2) is 22.0 Å². The van der Waals surface area contributed by atoms with Crippen molar-refractivity contribution in [2.45, 2.75) is 19.9 Å². The molecule has 3 rings (SSSR count). The molecule has 0 radical (unpaired) electrons. The van der Waals surface area contributed by atoms with Crippen LogP contribution in [0.25, 0.3) is 0 Å². The van der Waals surface area contributed by atoms with Crippen LogP contribution < -0.4 is 5.43 Å². The molecule has 0 saturated carbocycles. The van der Waals surface area contributed by atoms with Gasteiger partial charge in [0.1, 0.15) is 5.70 Å². The van der Waals surface area contributed by atoms with E-state index in [2.05, 4.69) is 16.6 Å². The summed E-state index contributed by atoms with van der Waals surface area (Å²) >= 11 is 6.03. The average molecular weight is 354 g/mol. The van der Waals surface area contributed by atoms with Gasteiger partial charge in [-0.25, -0.2) is 5.43 Å². The van der Waals surface area contributed by atoms with E-state index in [1.54, 1.807) is 29.7 Å². The molecule has 0 aliphatic carbocycles. The molecule has 0 unspecified atom stereocenters. The van der Waals surface area contributed by atoms with Gasteiger partial charge in [-0.15, -0.1) is 0 Å². The maximum atomic E-state index is 11.2. The van der Waals surface area contributed by atoms with E-state index in [4.69, 9.17) is 11.8 Å². The van der Waals surface area contributed by atoms with Crippen LogP contribution in [0.1, 0.15) is 29.7 Å². The number of hydrogen-bond donors (Lipinski definition) is 1. The number of allylic oxidation sites excluding steroid dienone is 2. The predicted molar refractivity (Wildman–Crippen MR) is 95.8 cm³/mol. The maximum Gasteiger partial charge on any atom is 0.152 e. The number of carbonyl (C=O) groups excluding carboxylic acids is 1. The Labute approximate surface area is 151 Å². The summed E-state index contributed by atoms with van der Waals surface area (Å²) in [7, 11) is 0. The van der Waals surface area contributed by atoms with E-state index in [9.17, 15) is 10.1 Å². The van der Waals surface area contributed by atoms with Gasteiger partial charge in [0.2, 0.25) is 0 Å². The van der Waals surface area contributed by atoms with Crippen molar-refractivity contribution in [3.8, 4) is 6.07 Å². The van der Waals surface area contributed by atoms with Gasteiger partial charge in [-0.1, -0.05) is 12.1 Å². The molecule has 0 spiro atoms. The summed E-state index contributed by atoms with van der Waals surface area (Å²) < 4.78 is 1.38. The van der Waals surface area contributed by atoms with Gasteiger partial charge in [0.25, 0.3) is 0 Å². The first kappa shape index (κ1) is 17.0. The number of carbonyl (C=O) groups is 1. The van der Waals surface area contributed by atoms with Crippen LogP contribution in [0.15, 0.2) is 58.6 Å². The summed E-state index contributed by atoms with van der Waals surface area (Å²) in [4.78, 5) is 11.2. The fraction of sp³-hybridized carbons (Fsp3) is 0.167. The van der Waals surface area contributed by atoms with E-state index in [1.807, 2.05) is 26.0 Å². The third-order valence-corrected chi connectivity index (χ3v) is 4.37. The van der Waals surface area contributed by atoms with Crippen molar-refractivity contribution in [2.75, 3.05) is 0 Å². The molecule has 0 aromatic heterocycles. The second kappa shape index (κ2) is 6.93. The number of rotatable bonds is 4. The Morgan fingerprint density at radius 3 is 2.96 bits per heavy atom. The van der Waals surface area contributed by atoms with Crippen molar-refractivity contribution < 1.29 is 4.79 Å². The van der Waals surface area contributed by atoms with Crippen LogP contribution in [0.4, 0.5) is 0 Å². The van der Waals surface area contributed by atoms with Gasteiger partial charge in [0, 0.05) is 35.3 Å². The molecule has 2 aliphatic rings. The largest absolute Gasteiger partial charge is 0.298 e. The molecule has 7 heteroatoms. The fourth-order valence-corrected chi connectivity index (χ4v) is 2.97. The van der Waals surface area contributed by atoms with Crippen molar-refractivity contribution in [3.05, 3.63) is 70.2 Å². The molecule has 0 amide bonds. The summed E-state index contributed by atoms with van der Waals surface area (Å²) in [6.45, 7) is 3.90. The van der Waals surface area contributed by atoms with Crippen molar-refractivity contribution in [3.63, 3.8) is 0 Å². The number of hydrogen-bond acceptors (Lipinski definition) is 6. The molecule has 2 heterocycles. The molecule has 2 aliphatic heterocycles. The Kier molecular flexibility index (Phi) is 4.70. The Morgan fingerprint density at radius 2 is 2.24 bits per heavy atom. The van der Waals surface area contributed by atoms with Gasteiger partial charge >= 0.3 is 0 Å². The minimum atomic E-state index is -0.111. The second-order valence-electron chi connectivity index (χ2n) is 5.70. The first-order chi connectivity index (χ1) is 12.0. The monoisotopic (exact) mass is 353 g/mol.